The van der Waals surface area contributed by atoms with Crippen LogP contribution in [-0.2, 0) is 0 Å². The molecule has 0 aliphatic carbocycles. The number of nitrogens with two attached hydrogens (primary N) is 1. The van der Waals surface area contributed by atoms with Crippen LogP contribution in [0.15, 0.2) is 24.4 Å². The van der Waals surface area contributed by atoms with E-state index in [1.54, 1.807) is 10.9 Å². The van der Waals surface area contributed by atoms with Gasteiger partial charge in [-0.3, -0.25) is 0 Å². The van der Waals surface area contributed by atoms with Gasteiger partial charge in [0.25, 0.3) is 0 Å². The Bertz CT molecular complexity index is 549. The van der Waals surface area contributed by atoms with Crippen LogP contribution in [0, 0.1) is 5.82 Å². The molecule has 2 rings (SSSR count). The molecule has 2 N–H and O–H groups in total. The minimum atomic E-state index is -0.502. The number of halogens is 2. The third kappa shape index (κ3) is 2.26. The molecule has 0 spiro atoms. The van der Waals surface area contributed by atoms with Gasteiger partial charge in [0.2, 0.25) is 0 Å². The van der Waals surface area contributed by atoms with Crippen LogP contribution < -0.4 is 5.73 Å². The number of benzene rings is 1. The van der Waals surface area contributed by atoms with Gasteiger partial charge < -0.3 is 5.73 Å². The summed E-state index contributed by atoms with van der Waals surface area (Å²) < 4.78 is 14.9. The van der Waals surface area contributed by atoms with Crippen molar-refractivity contribution in [2.24, 2.45) is 0 Å². The number of anilines is 1. The van der Waals surface area contributed by atoms with Gasteiger partial charge >= 0.3 is 0 Å². The Morgan fingerprint density at radius 3 is 2.71 bits per heavy atom. The van der Waals surface area contributed by atoms with Gasteiger partial charge in [0.05, 0.1) is 22.1 Å². The zero-order valence-electron chi connectivity index (χ0n) is 9.61. The van der Waals surface area contributed by atoms with Crippen molar-refractivity contribution in [1.29, 1.82) is 0 Å². The zero-order valence-corrected chi connectivity index (χ0v) is 10.4. The van der Waals surface area contributed by atoms with E-state index in [0.29, 0.717) is 17.3 Å². The summed E-state index contributed by atoms with van der Waals surface area (Å²) in [7, 11) is 0. The Hall–Kier alpha value is -1.55. The monoisotopic (exact) mass is 253 g/mol. The quantitative estimate of drug-likeness (QED) is 0.834. The van der Waals surface area contributed by atoms with Crippen molar-refractivity contribution in [2.45, 2.75) is 19.8 Å². The maximum atomic E-state index is 13.4. The molecule has 0 saturated heterocycles. The van der Waals surface area contributed by atoms with Crippen molar-refractivity contribution in [3.8, 4) is 5.69 Å². The molecule has 0 saturated carbocycles. The lowest BCUT2D eigenvalue weighted by atomic mass is 10.1. The Morgan fingerprint density at radius 1 is 1.41 bits per heavy atom. The highest BCUT2D eigenvalue weighted by molar-refractivity contribution is 6.31. The Morgan fingerprint density at radius 2 is 2.12 bits per heavy atom. The highest BCUT2D eigenvalue weighted by atomic mass is 35.5. The third-order valence-corrected chi connectivity index (χ3v) is 2.81. The zero-order chi connectivity index (χ0) is 12.6. The number of rotatable bonds is 2. The molecule has 0 unspecified atom stereocenters. The smallest absolute Gasteiger partial charge is 0.144 e. The van der Waals surface area contributed by atoms with Crippen molar-refractivity contribution in [3.63, 3.8) is 0 Å². The molecule has 1 aromatic carbocycles. The molecule has 1 aromatic heterocycles. The summed E-state index contributed by atoms with van der Waals surface area (Å²) in [6.45, 7) is 4.08. The standard InChI is InChI=1S/C12H13ClFN3/c1-7(2)11-3-4-17(16-11)12-6-9(14)8(13)5-10(12)15/h3-7H,15H2,1-2H3. The topological polar surface area (TPSA) is 43.8 Å². The summed E-state index contributed by atoms with van der Waals surface area (Å²) in [6, 6.07) is 4.56. The van der Waals surface area contributed by atoms with E-state index in [1.807, 2.05) is 19.9 Å². The average molecular weight is 254 g/mol. The van der Waals surface area contributed by atoms with Gasteiger partial charge in [0.1, 0.15) is 5.82 Å². The largest absolute Gasteiger partial charge is 0.397 e. The first kappa shape index (κ1) is 11.9. The van der Waals surface area contributed by atoms with E-state index in [1.165, 1.54) is 12.1 Å². The molecule has 0 aliphatic heterocycles. The number of nitrogen functional groups attached to an aromatic ring is 1. The fourth-order valence-corrected chi connectivity index (χ4v) is 1.70. The van der Waals surface area contributed by atoms with Crippen molar-refractivity contribution in [1.82, 2.24) is 9.78 Å². The van der Waals surface area contributed by atoms with Crippen LogP contribution in [0.1, 0.15) is 25.5 Å². The number of hydrogen-bond acceptors (Lipinski definition) is 2. The summed E-state index contributed by atoms with van der Waals surface area (Å²) in [5.41, 5.74) is 7.62. The lowest BCUT2D eigenvalue weighted by Gasteiger charge is -2.07. The van der Waals surface area contributed by atoms with E-state index in [0.717, 1.165) is 5.69 Å². The third-order valence-electron chi connectivity index (χ3n) is 2.52. The second-order valence-electron chi connectivity index (χ2n) is 4.17. The molecule has 0 atom stereocenters. The van der Waals surface area contributed by atoms with Gasteiger partial charge in [0.15, 0.2) is 0 Å². The maximum absolute atomic E-state index is 13.4. The fraction of sp³-hybridized carbons (Fsp3) is 0.250. The number of aromatic nitrogens is 2. The molecule has 0 fully saturated rings. The van der Waals surface area contributed by atoms with Crippen LogP contribution in [0.3, 0.4) is 0 Å². The lowest BCUT2D eigenvalue weighted by molar-refractivity contribution is 0.626. The summed E-state index contributed by atoms with van der Waals surface area (Å²) in [6.07, 6.45) is 1.76. The summed E-state index contributed by atoms with van der Waals surface area (Å²) in [4.78, 5) is 0. The van der Waals surface area contributed by atoms with Gasteiger partial charge in [-0.2, -0.15) is 5.10 Å². The van der Waals surface area contributed by atoms with E-state index >= 15 is 0 Å². The molecule has 5 heteroatoms. The molecular formula is C12H13ClFN3. The van der Waals surface area contributed by atoms with Crippen molar-refractivity contribution in [2.75, 3.05) is 5.73 Å². The molecule has 0 amide bonds. The first-order chi connectivity index (χ1) is 7.99. The van der Waals surface area contributed by atoms with E-state index in [4.69, 9.17) is 17.3 Å². The summed E-state index contributed by atoms with van der Waals surface area (Å²) >= 11 is 5.64. The molecular weight excluding hydrogens is 241 g/mol. The summed E-state index contributed by atoms with van der Waals surface area (Å²) in [5.74, 6) is -0.188. The second-order valence-corrected chi connectivity index (χ2v) is 4.57. The van der Waals surface area contributed by atoms with Gasteiger partial charge in [-0.1, -0.05) is 25.4 Å². The van der Waals surface area contributed by atoms with E-state index in [2.05, 4.69) is 5.10 Å². The SMILES string of the molecule is CC(C)c1ccn(-c2cc(F)c(Cl)cc2N)n1. The number of hydrogen-bond donors (Lipinski definition) is 1. The van der Waals surface area contributed by atoms with Crippen LogP contribution in [0.2, 0.25) is 5.02 Å². The Labute approximate surface area is 104 Å². The van der Waals surface area contributed by atoms with E-state index in [-0.39, 0.29) is 5.02 Å². The van der Waals surface area contributed by atoms with Crippen molar-refractivity contribution in [3.05, 3.63) is 40.9 Å². The van der Waals surface area contributed by atoms with Gasteiger partial charge in [-0.15, -0.1) is 0 Å². The van der Waals surface area contributed by atoms with Crippen molar-refractivity contribution < 1.29 is 4.39 Å². The molecule has 0 aliphatic rings. The second kappa shape index (κ2) is 4.37. The van der Waals surface area contributed by atoms with Crippen LogP contribution in [-0.4, -0.2) is 9.78 Å². The normalized spacial score (nSPS) is 11.1. The highest BCUT2D eigenvalue weighted by Crippen LogP contribution is 2.25. The average Bonchev–Trinajstić information content (AvgIpc) is 2.72. The van der Waals surface area contributed by atoms with Crippen LogP contribution in [0.4, 0.5) is 10.1 Å². The predicted molar refractivity (Wildman–Crippen MR) is 67.0 cm³/mol. The maximum Gasteiger partial charge on any atom is 0.144 e. The molecule has 3 nitrogen and oxygen atoms in total. The van der Waals surface area contributed by atoms with Crippen LogP contribution in [0.25, 0.3) is 5.69 Å². The minimum Gasteiger partial charge on any atom is -0.397 e. The van der Waals surface area contributed by atoms with Gasteiger partial charge in [-0.25, -0.2) is 9.07 Å². The summed E-state index contributed by atoms with van der Waals surface area (Å²) in [5, 5.41) is 4.35. The highest BCUT2D eigenvalue weighted by Gasteiger charge is 2.10. The van der Waals surface area contributed by atoms with E-state index < -0.39 is 5.82 Å². The fourth-order valence-electron chi connectivity index (χ4n) is 1.53. The van der Waals surface area contributed by atoms with E-state index in [9.17, 15) is 4.39 Å². The Kier molecular flexibility index (Phi) is 3.07. The number of nitrogens with zero attached hydrogens (tertiary/aromatic N) is 2. The molecule has 1 heterocycles. The first-order valence-electron chi connectivity index (χ1n) is 5.29. The van der Waals surface area contributed by atoms with Crippen LogP contribution >= 0.6 is 11.6 Å². The van der Waals surface area contributed by atoms with Gasteiger partial charge in [0, 0.05) is 12.3 Å². The first-order valence-corrected chi connectivity index (χ1v) is 5.67. The molecule has 0 bridgehead atoms. The molecule has 90 valence electrons. The van der Waals surface area contributed by atoms with Crippen LogP contribution in [0.5, 0.6) is 0 Å². The molecule has 17 heavy (non-hydrogen) atoms. The van der Waals surface area contributed by atoms with Gasteiger partial charge in [-0.05, 0) is 18.1 Å². The minimum absolute atomic E-state index is 0.0162. The Balaban J connectivity index is 2.49. The predicted octanol–water partition coefficient (Wildman–Crippen LogP) is 3.37. The molecule has 0 radical (unpaired) electrons. The lowest BCUT2D eigenvalue weighted by Crippen LogP contribution is -2.02. The molecule has 2 aromatic rings. The van der Waals surface area contributed by atoms with Crippen molar-refractivity contribution >= 4 is 17.3 Å².